The minimum atomic E-state index is -0.557. The van der Waals surface area contributed by atoms with Crippen LogP contribution in [-0.4, -0.2) is 78.3 Å². The maximum atomic E-state index is 13.6. The molecule has 1 fully saturated rings. The molecule has 2 heterocycles. The van der Waals surface area contributed by atoms with Crippen LogP contribution in [0.2, 0.25) is 0 Å². The Morgan fingerprint density at radius 2 is 2.00 bits per heavy atom. The molecule has 1 amide bonds. The summed E-state index contributed by atoms with van der Waals surface area (Å²) in [6, 6.07) is 3.79. The van der Waals surface area contributed by atoms with Crippen LogP contribution < -0.4 is 15.8 Å². The molecule has 2 aromatic rings. The molecular weight excluding hydrogens is 415 g/mol. The van der Waals surface area contributed by atoms with Gasteiger partial charge in [0.1, 0.15) is 17.4 Å². The van der Waals surface area contributed by atoms with Gasteiger partial charge in [-0.05, 0) is 45.1 Å². The molecule has 10 heteroatoms. The van der Waals surface area contributed by atoms with Crippen LogP contribution in [0.5, 0.6) is 5.75 Å². The molecule has 9 nitrogen and oxygen atoms in total. The van der Waals surface area contributed by atoms with E-state index in [1.54, 1.807) is 0 Å². The van der Waals surface area contributed by atoms with E-state index in [1.807, 2.05) is 23.9 Å². The van der Waals surface area contributed by atoms with Gasteiger partial charge in [-0.2, -0.15) is 4.98 Å². The number of nitrogens with two attached hydrogens (primary N) is 1. The van der Waals surface area contributed by atoms with Crippen LogP contribution in [0, 0.1) is 5.82 Å². The molecule has 1 aliphatic rings. The first-order chi connectivity index (χ1) is 15.3. The molecule has 0 radical (unpaired) electrons. The van der Waals surface area contributed by atoms with Gasteiger partial charge < -0.3 is 25.6 Å². The Balaban J connectivity index is 1.61. The number of rotatable bonds is 8. The van der Waals surface area contributed by atoms with Gasteiger partial charge in [-0.1, -0.05) is 0 Å². The van der Waals surface area contributed by atoms with Crippen molar-refractivity contribution in [1.82, 2.24) is 19.8 Å². The molecule has 0 aliphatic carbocycles. The molecule has 3 rings (SSSR count). The van der Waals surface area contributed by atoms with Crippen LogP contribution >= 0.6 is 0 Å². The number of nitrogens with one attached hydrogen (secondary N) is 1. The highest BCUT2D eigenvalue weighted by Gasteiger charge is 2.24. The largest absolute Gasteiger partial charge is 0.496 e. The number of amides is 1. The van der Waals surface area contributed by atoms with Gasteiger partial charge in [-0.15, -0.1) is 0 Å². The van der Waals surface area contributed by atoms with E-state index in [2.05, 4.69) is 15.3 Å². The number of aromatic nitrogens is 2. The Kier molecular flexibility index (Phi) is 7.57. The van der Waals surface area contributed by atoms with Crippen molar-refractivity contribution in [3.05, 3.63) is 41.3 Å². The number of ether oxygens (including phenoxy) is 1. The maximum absolute atomic E-state index is 13.6. The van der Waals surface area contributed by atoms with Gasteiger partial charge in [0.2, 0.25) is 17.6 Å². The van der Waals surface area contributed by atoms with Gasteiger partial charge in [-0.25, -0.2) is 9.37 Å². The monoisotopic (exact) mass is 444 g/mol. The fourth-order valence-corrected chi connectivity index (χ4v) is 3.58. The Labute approximate surface area is 186 Å². The SMILES string of the molecule is COc1ccc(F)cc1C(=O)c1cnc(NC2CCN(C(=O)CCN(C)C)CC2)nc1N. The van der Waals surface area contributed by atoms with Crippen LogP contribution in [0.3, 0.4) is 0 Å². The molecule has 1 aliphatic heterocycles. The van der Waals surface area contributed by atoms with Crippen LogP contribution in [0.1, 0.15) is 35.2 Å². The molecule has 0 saturated carbocycles. The lowest BCUT2D eigenvalue weighted by molar-refractivity contribution is -0.132. The van der Waals surface area contributed by atoms with Crippen molar-refractivity contribution in [2.75, 3.05) is 51.9 Å². The van der Waals surface area contributed by atoms with Crippen molar-refractivity contribution in [3.8, 4) is 5.75 Å². The minimum absolute atomic E-state index is 0.00452. The third-order valence-electron chi connectivity index (χ3n) is 5.42. The van der Waals surface area contributed by atoms with Crippen molar-refractivity contribution in [3.63, 3.8) is 0 Å². The van der Waals surface area contributed by atoms with Crippen molar-refractivity contribution < 1.29 is 18.7 Å². The molecule has 172 valence electrons. The van der Waals surface area contributed by atoms with E-state index in [1.165, 1.54) is 25.4 Å². The Hall–Kier alpha value is -3.27. The number of hydrogen-bond donors (Lipinski definition) is 2. The zero-order chi connectivity index (χ0) is 23.3. The van der Waals surface area contributed by atoms with E-state index in [9.17, 15) is 14.0 Å². The number of nitrogens with zero attached hydrogens (tertiary/aromatic N) is 4. The van der Waals surface area contributed by atoms with Crippen LogP contribution in [0.4, 0.5) is 16.2 Å². The molecule has 0 spiro atoms. The Bertz CT molecular complexity index is 976. The summed E-state index contributed by atoms with van der Waals surface area (Å²) >= 11 is 0. The number of carbonyl (C=O) groups excluding carboxylic acids is 2. The number of benzene rings is 1. The molecule has 1 aromatic heterocycles. The number of anilines is 2. The van der Waals surface area contributed by atoms with E-state index in [0.717, 1.165) is 25.5 Å². The summed E-state index contributed by atoms with van der Waals surface area (Å²) in [6.07, 6.45) is 3.36. The van der Waals surface area contributed by atoms with Crippen molar-refractivity contribution >= 4 is 23.5 Å². The lowest BCUT2D eigenvalue weighted by Gasteiger charge is -2.32. The molecule has 0 bridgehead atoms. The number of likely N-dealkylation sites (tertiary alicyclic amines) is 1. The van der Waals surface area contributed by atoms with E-state index in [-0.39, 0.29) is 34.6 Å². The van der Waals surface area contributed by atoms with Crippen LogP contribution in [0.15, 0.2) is 24.4 Å². The summed E-state index contributed by atoms with van der Waals surface area (Å²) in [5.74, 6) is -0.371. The van der Waals surface area contributed by atoms with Crippen LogP contribution in [-0.2, 0) is 4.79 Å². The second-order valence-corrected chi connectivity index (χ2v) is 8.02. The van der Waals surface area contributed by atoms with Crippen molar-refractivity contribution in [2.24, 2.45) is 0 Å². The number of nitrogen functional groups attached to an aromatic ring is 1. The molecule has 1 aromatic carbocycles. The lowest BCUT2D eigenvalue weighted by Crippen LogP contribution is -2.43. The van der Waals surface area contributed by atoms with Gasteiger partial charge in [0.25, 0.3) is 0 Å². The van der Waals surface area contributed by atoms with Gasteiger partial charge in [0.15, 0.2) is 0 Å². The number of piperidine rings is 1. The highest BCUT2D eigenvalue weighted by molar-refractivity contribution is 6.13. The fourth-order valence-electron chi connectivity index (χ4n) is 3.58. The molecule has 32 heavy (non-hydrogen) atoms. The van der Waals surface area contributed by atoms with Gasteiger partial charge >= 0.3 is 0 Å². The predicted molar refractivity (Wildman–Crippen MR) is 119 cm³/mol. The first-order valence-corrected chi connectivity index (χ1v) is 10.5. The average Bonchev–Trinajstić information content (AvgIpc) is 2.77. The zero-order valence-electron chi connectivity index (χ0n) is 18.6. The molecule has 0 atom stereocenters. The first kappa shape index (κ1) is 23.4. The highest BCUT2D eigenvalue weighted by Crippen LogP contribution is 2.25. The summed E-state index contributed by atoms with van der Waals surface area (Å²) in [7, 11) is 5.29. The van der Waals surface area contributed by atoms with Gasteiger partial charge in [-0.3, -0.25) is 9.59 Å². The van der Waals surface area contributed by atoms with Crippen LogP contribution in [0.25, 0.3) is 0 Å². The van der Waals surface area contributed by atoms with E-state index in [0.29, 0.717) is 25.5 Å². The highest BCUT2D eigenvalue weighted by atomic mass is 19.1. The average molecular weight is 445 g/mol. The fraction of sp³-hybridized carbons (Fsp3) is 0.455. The predicted octanol–water partition coefficient (Wildman–Crippen LogP) is 1.79. The zero-order valence-corrected chi connectivity index (χ0v) is 18.6. The summed E-state index contributed by atoms with van der Waals surface area (Å²) in [5, 5.41) is 3.22. The second-order valence-electron chi connectivity index (χ2n) is 8.02. The molecule has 0 unspecified atom stereocenters. The van der Waals surface area contributed by atoms with E-state index >= 15 is 0 Å². The molecular formula is C22H29FN6O3. The Morgan fingerprint density at radius 3 is 2.62 bits per heavy atom. The van der Waals surface area contributed by atoms with E-state index in [4.69, 9.17) is 10.5 Å². The number of ketones is 1. The van der Waals surface area contributed by atoms with Crippen molar-refractivity contribution in [2.45, 2.75) is 25.3 Å². The Morgan fingerprint density at radius 1 is 1.28 bits per heavy atom. The quantitative estimate of drug-likeness (QED) is 0.593. The lowest BCUT2D eigenvalue weighted by atomic mass is 10.0. The van der Waals surface area contributed by atoms with Gasteiger partial charge in [0.05, 0.1) is 18.2 Å². The standard InChI is InChI=1S/C22H29FN6O3/c1-28(2)9-8-19(30)29-10-6-15(7-11-29)26-22-25-13-17(21(24)27-22)20(31)16-12-14(23)4-5-18(16)32-3/h4-5,12-13,15H,6-11H2,1-3H3,(H3,24,25,26,27). The maximum Gasteiger partial charge on any atom is 0.224 e. The summed E-state index contributed by atoms with van der Waals surface area (Å²) in [5.41, 5.74) is 6.13. The molecule has 3 N–H and O–H groups in total. The number of hydrogen-bond acceptors (Lipinski definition) is 8. The van der Waals surface area contributed by atoms with Crippen molar-refractivity contribution in [1.29, 1.82) is 0 Å². The number of carbonyl (C=O) groups is 2. The number of methoxy groups -OCH3 is 1. The summed E-state index contributed by atoms with van der Waals surface area (Å²) < 4.78 is 18.8. The molecule has 1 saturated heterocycles. The summed E-state index contributed by atoms with van der Waals surface area (Å²) in [6.45, 7) is 2.06. The summed E-state index contributed by atoms with van der Waals surface area (Å²) in [4.78, 5) is 37.4. The first-order valence-electron chi connectivity index (χ1n) is 10.5. The third kappa shape index (κ3) is 5.70. The topological polar surface area (TPSA) is 114 Å². The normalized spacial score (nSPS) is 14.5. The smallest absolute Gasteiger partial charge is 0.224 e. The minimum Gasteiger partial charge on any atom is -0.496 e. The number of halogens is 1. The van der Waals surface area contributed by atoms with Gasteiger partial charge in [0, 0.05) is 38.3 Å². The third-order valence-corrected chi connectivity index (χ3v) is 5.42. The second kappa shape index (κ2) is 10.4. The van der Waals surface area contributed by atoms with E-state index < -0.39 is 11.6 Å².